The van der Waals surface area contributed by atoms with Crippen LogP contribution in [-0.4, -0.2) is 15.7 Å². The van der Waals surface area contributed by atoms with Gasteiger partial charge in [0.15, 0.2) is 5.76 Å². The van der Waals surface area contributed by atoms with Gasteiger partial charge in [0.2, 0.25) is 5.91 Å². The maximum Gasteiger partial charge on any atom is 0.267 e. The molecule has 0 radical (unpaired) electrons. The number of carbonyl (C=O) groups is 1. The minimum Gasteiger partial charge on any atom is -0.463 e. The molecule has 1 atom stereocenters. The summed E-state index contributed by atoms with van der Waals surface area (Å²) in [6.45, 7) is 1.57. The zero-order chi connectivity index (χ0) is 18.0. The van der Waals surface area contributed by atoms with Gasteiger partial charge in [0, 0.05) is 21.8 Å². The lowest BCUT2D eigenvalue weighted by Crippen LogP contribution is -2.33. The highest BCUT2D eigenvalue weighted by molar-refractivity contribution is 6.35. The standard InChI is InChI=1S/C17H13Cl2N3O3/c1-10(17(24)20-13-8-11(18)7-12(19)9-13)22-16(23)5-4-14(21-22)15-3-2-6-25-15/h2-10H,1H3,(H,20,24). The molecule has 0 aliphatic heterocycles. The fourth-order valence-corrected chi connectivity index (χ4v) is 2.77. The topological polar surface area (TPSA) is 77.1 Å². The summed E-state index contributed by atoms with van der Waals surface area (Å²) >= 11 is 11.8. The molecule has 0 saturated carbocycles. The summed E-state index contributed by atoms with van der Waals surface area (Å²) in [6.07, 6.45) is 1.51. The first-order valence-corrected chi connectivity index (χ1v) is 8.10. The lowest BCUT2D eigenvalue weighted by Gasteiger charge is -2.15. The van der Waals surface area contributed by atoms with Crippen molar-refractivity contribution in [1.82, 2.24) is 9.78 Å². The molecule has 3 aromatic rings. The number of hydrogen-bond acceptors (Lipinski definition) is 4. The Bertz CT molecular complexity index is 947. The summed E-state index contributed by atoms with van der Waals surface area (Å²) in [5, 5.41) is 7.67. The lowest BCUT2D eigenvalue weighted by molar-refractivity contribution is -0.119. The molecule has 128 valence electrons. The van der Waals surface area contributed by atoms with Gasteiger partial charge in [-0.15, -0.1) is 0 Å². The van der Waals surface area contributed by atoms with Crippen molar-refractivity contribution < 1.29 is 9.21 Å². The van der Waals surface area contributed by atoms with Gasteiger partial charge in [0.1, 0.15) is 11.7 Å². The Morgan fingerprint density at radius 2 is 1.92 bits per heavy atom. The van der Waals surface area contributed by atoms with Crippen molar-refractivity contribution in [3.05, 3.63) is 69.1 Å². The van der Waals surface area contributed by atoms with Crippen LogP contribution in [0.5, 0.6) is 0 Å². The Morgan fingerprint density at radius 3 is 2.56 bits per heavy atom. The average molecular weight is 378 g/mol. The molecule has 6 nitrogen and oxygen atoms in total. The number of anilines is 1. The first kappa shape index (κ1) is 17.3. The van der Waals surface area contributed by atoms with Gasteiger partial charge in [0.25, 0.3) is 5.56 Å². The minimum absolute atomic E-state index is 0.394. The van der Waals surface area contributed by atoms with Gasteiger partial charge >= 0.3 is 0 Å². The van der Waals surface area contributed by atoms with Crippen molar-refractivity contribution >= 4 is 34.8 Å². The zero-order valence-corrected chi connectivity index (χ0v) is 14.6. The smallest absolute Gasteiger partial charge is 0.267 e. The van der Waals surface area contributed by atoms with Gasteiger partial charge in [0.05, 0.1) is 6.26 Å². The van der Waals surface area contributed by atoms with Crippen LogP contribution in [0.25, 0.3) is 11.5 Å². The lowest BCUT2D eigenvalue weighted by atomic mass is 10.2. The van der Waals surface area contributed by atoms with E-state index in [4.69, 9.17) is 27.6 Å². The van der Waals surface area contributed by atoms with Crippen LogP contribution in [0.15, 0.2) is 57.9 Å². The predicted molar refractivity (Wildman–Crippen MR) is 96.0 cm³/mol. The number of nitrogens with zero attached hydrogens (tertiary/aromatic N) is 2. The van der Waals surface area contributed by atoms with Crippen LogP contribution < -0.4 is 10.9 Å². The third kappa shape index (κ3) is 3.92. The zero-order valence-electron chi connectivity index (χ0n) is 13.1. The van der Waals surface area contributed by atoms with Crippen molar-refractivity contribution in [2.24, 2.45) is 0 Å². The van der Waals surface area contributed by atoms with Crippen LogP contribution in [0.2, 0.25) is 10.0 Å². The van der Waals surface area contributed by atoms with Crippen LogP contribution in [-0.2, 0) is 4.79 Å². The summed E-state index contributed by atoms with van der Waals surface area (Å²) in [4.78, 5) is 24.6. The minimum atomic E-state index is -0.847. The highest BCUT2D eigenvalue weighted by atomic mass is 35.5. The summed E-state index contributed by atoms with van der Waals surface area (Å²) in [6, 6.07) is 10.1. The molecule has 3 rings (SSSR count). The number of rotatable bonds is 4. The van der Waals surface area contributed by atoms with Gasteiger partial charge in [-0.3, -0.25) is 9.59 Å². The molecule has 0 spiro atoms. The number of furan rings is 1. The Balaban J connectivity index is 1.87. The van der Waals surface area contributed by atoms with Crippen molar-refractivity contribution in [2.45, 2.75) is 13.0 Å². The number of aromatic nitrogens is 2. The van der Waals surface area contributed by atoms with Gasteiger partial charge < -0.3 is 9.73 Å². The van der Waals surface area contributed by atoms with Crippen molar-refractivity contribution in [1.29, 1.82) is 0 Å². The second-order valence-electron chi connectivity index (χ2n) is 5.30. The van der Waals surface area contributed by atoms with Crippen molar-refractivity contribution in [3.8, 4) is 11.5 Å². The van der Waals surface area contributed by atoms with Gasteiger partial charge in [-0.05, 0) is 43.3 Å². The van der Waals surface area contributed by atoms with Crippen LogP contribution in [0.1, 0.15) is 13.0 Å². The highest BCUT2D eigenvalue weighted by Gasteiger charge is 2.19. The van der Waals surface area contributed by atoms with E-state index in [-0.39, 0.29) is 0 Å². The van der Waals surface area contributed by atoms with Gasteiger partial charge in [-0.25, -0.2) is 4.68 Å². The maximum absolute atomic E-state index is 12.5. The van der Waals surface area contributed by atoms with Gasteiger partial charge in [-0.1, -0.05) is 23.2 Å². The third-order valence-electron chi connectivity index (χ3n) is 3.48. The predicted octanol–water partition coefficient (Wildman–Crippen LogP) is 4.01. The van der Waals surface area contributed by atoms with Crippen molar-refractivity contribution in [3.63, 3.8) is 0 Å². The van der Waals surface area contributed by atoms with E-state index in [0.717, 1.165) is 4.68 Å². The molecule has 0 bridgehead atoms. The molecule has 2 aromatic heterocycles. The van der Waals surface area contributed by atoms with E-state index >= 15 is 0 Å². The number of benzene rings is 1. The molecular formula is C17H13Cl2N3O3. The Morgan fingerprint density at radius 1 is 1.20 bits per heavy atom. The second kappa shape index (κ2) is 7.13. The molecule has 1 N–H and O–H groups in total. The van der Waals surface area contributed by atoms with E-state index < -0.39 is 17.5 Å². The van der Waals surface area contributed by atoms with Crippen molar-refractivity contribution in [2.75, 3.05) is 5.32 Å². The summed E-state index contributed by atoms with van der Waals surface area (Å²) in [5.74, 6) is 0.0764. The average Bonchev–Trinajstić information content (AvgIpc) is 3.08. The number of halogens is 2. The van der Waals surface area contributed by atoms with E-state index in [1.165, 1.54) is 12.3 Å². The number of nitrogens with one attached hydrogen (secondary N) is 1. The fraction of sp³-hybridized carbons (Fsp3) is 0.118. The molecule has 8 heteroatoms. The summed E-state index contributed by atoms with van der Waals surface area (Å²) in [7, 11) is 0. The monoisotopic (exact) mass is 377 g/mol. The second-order valence-corrected chi connectivity index (χ2v) is 6.17. The number of carbonyl (C=O) groups excluding carboxylic acids is 1. The first-order valence-electron chi connectivity index (χ1n) is 7.35. The van der Waals surface area contributed by atoms with Gasteiger partial charge in [-0.2, -0.15) is 5.10 Å². The molecule has 0 aliphatic carbocycles. The Hall–Kier alpha value is -2.57. The van der Waals surface area contributed by atoms with E-state index in [9.17, 15) is 9.59 Å². The largest absolute Gasteiger partial charge is 0.463 e. The molecule has 0 fully saturated rings. The molecule has 0 saturated heterocycles. The summed E-state index contributed by atoms with van der Waals surface area (Å²) in [5.41, 5.74) is 0.488. The molecular weight excluding hydrogens is 365 g/mol. The molecule has 1 unspecified atom stereocenters. The summed E-state index contributed by atoms with van der Waals surface area (Å²) < 4.78 is 6.37. The van der Waals surface area contributed by atoms with Crippen LogP contribution in [0.4, 0.5) is 5.69 Å². The van der Waals surface area contributed by atoms with E-state index in [1.807, 2.05) is 0 Å². The quantitative estimate of drug-likeness (QED) is 0.744. The number of hydrogen-bond donors (Lipinski definition) is 1. The Labute approximate surface area is 153 Å². The maximum atomic E-state index is 12.5. The normalized spacial score (nSPS) is 12.0. The molecule has 1 amide bonds. The fourth-order valence-electron chi connectivity index (χ4n) is 2.24. The molecule has 1 aromatic carbocycles. The van der Waals surface area contributed by atoms with E-state index in [0.29, 0.717) is 27.2 Å². The first-order chi connectivity index (χ1) is 11.9. The Kier molecular flexibility index (Phi) is 4.92. The van der Waals surface area contributed by atoms with E-state index in [2.05, 4.69) is 10.4 Å². The van der Waals surface area contributed by atoms with Crippen LogP contribution in [0.3, 0.4) is 0 Å². The molecule has 25 heavy (non-hydrogen) atoms. The van der Waals surface area contributed by atoms with E-state index in [1.54, 1.807) is 43.3 Å². The molecule has 0 aliphatic rings. The SMILES string of the molecule is CC(C(=O)Nc1cc(Cl)cc(Cl)c1)n1nc(-c2ccco2)ccc1=O. The highest BCUT2D eigenvalue weighted by Crippen LogP contribution is 2.23. The third-order valence-corrected chi connectivity index (χ3v) is 3.91. The van der Waals surface area contributed by atoms with Crippen LogP contribution >= 0.6 is 23.2 Å². The number of amides is 1. The molecule has 2 heterocycles. The van der Waals surface area contributed by atoms with Crippen LogP contribution in [0, 0.1) is 0 Å².